The number of fused-ring (bicyclic) bond motifs is 1. The first kappa shape index (κ1) is 15.1. The number of hydrogen-bond acceptors (Lipinski definition) is 4. The van der Waals surface area contributed by atoms with Crippen LogP contribution in [0.4, 0.5) is 0 Å². The molecule has 1 aromatic carbocycles. The highest BCUT2D eigenvalue weighted by Crippen LogP contribution is 2.41. The van der Waals surface area contributed by atoms with Gasteiger partial charge in [-0.25, -0.2) is 9.48 Å². The molecule has 0 radical (unpaired) electrons. The van der Waals surface area contributed by atoms with Gasteiger partial charge < -0.3 is 9.84 Å². The van der Waals surface area contributed by atoms with E-state index in [1.807, 2.05) is 0 Å². The molecule has 1 fully saturated rings. The molecule has 1 saturated heterocycles. The van der Waals surface area contributed by atoms with Gasteiger partial charge in [0.05, 0.1) is 22.7 Å². The Morgan fingerprint density at radius 2 is 2.17 bits per heavy atom. The van der Waals surface area contributed by atoms with E-state index in [2.05, 4.69) is 5.10 Å². The van der Waals surface area contributed by atoms with E-state index in [0.717, 1.165) is 6.42 Å². The number of ether oxygens (including phenoxy) is 1. The zero-order valence-electron chi connectivity index (χ0n) is 12.2. The molecule has 4 rings (SSSR count). The second-order valence-electron chi connectivity index (χ2n) is 5.97. The highest BCUT2D eigenvalue weighted by molar-refractivity contribution is 6.42. The van der Waals surface area contributed by atoms with E-state index in [1.165, 1.54) is 10.7 Å². The van der Waals surface area contributed by atoms with Crippen molar-refractivity contribution < 1.29 is 9.84 Å². The van der Waals surface area contributed by atoms with Crippen molar-refractivity contribution in [2.75, 3.05) is 13.2 Å². The van der Waals surface area contributed by atoms with Gasteiger partial charge in [0.2, 0.25) is 0 Å². The van der Waals surface area contributed by atoms with Crippen molar-refractivity contribution in [1.29, 1.82) is 0 Å². The smallest absolute Gasteiger partial charge is 0.346 e. The van der Waals surface area contributed by atoms with Gasteiger partial charge in [0.25, 0.3) is 0 Å². The number of phenols is 1. The predicted molar refractivity (Wildman–Crippen MR) is 85.5 cm³/mol. The topological polar surface area (TPSA) is 69.3 Å². The molecule has 0 amide bonds. The van der Waals surface area contributed by atoms with Crippen molar-refractivity contribution in [2.24, 2.45) is 0 Å². The van der Waals surface area contributed by atoms with Gasteiger partial charge >= 0.3 is 5.69 Å². The van der Waals surface area contributed by atoms with Gasteiger partial charge in [0.1, 0.15) is 11.6 Å². The lowest BCUT2D eigenvalue weighted by Gasteiger charge is -2.15. The van der Waals surface area contributed by atoms with Gasteiger partial charge in [0, 0.05) is 31.1 Å². The summed E-state index contributed by atoms with van der Waals surface area (Å²) >= 11 is 12.3. The molecule has 2 atom stereocenters. The van der Waals surface area contributed by atoms with E-state index in [9.17, 15) is 9.90 Å². The second kappa shape index (κ2) is 5.54. The Balaban J connectivity index is 1.67. The van der Waals surface area contributed by atoms with Gasteiger partial charge in [-0.3, -0.25) is 4.57 Å². The summed E-state index contributed by atoms with van der Waals surface area (Å²) in [5, 5.41) is 15.3. The number of hydrogen-bond donors (Lipinski definition) is 1. The fourth-order valence-corrected chi connectivity index (χ4v) is 3.86. The van der Waals surface area contributed by atoms with Gasteiger partial charge in [-0.05, 0) is 18.6 Å². The summed E-state index contributed by atoms with van der Waals surface area (Å²) in [5.41, 5.74) is 0.454. The minimum absolute atomic E-state index is 0.0159. The molecule has 0 bridgehead atoms. The summed E-state index contributed by atoms with van der Waals surface area (Å²) < 4.78 is 8.51. The average molecular weight is 356 g/mol. The van der Waals surface area contributed by atoms with Crippen LogP contribution in [0.3, 0.4) is 0 Å². The number of benzene rings is 1. The highest BCUT2D eigenvalue weighted by Gasteiger charge is 2.33. The van der Waals surface area contributed by atoms with Crippen LogP contribution in [0.15, 0.2) is 16.9 Å². The Labute approximate surface area is 142 Å². The van der Waals surface area contributed by atoms with Gasteiger partial charge in [-0.2, -0.15) is 5.10 Å². The minimum atomic E-state index is -0.129. The van der Waals surface area contributed by atoms with E-state index in [4.69, 9.17) is 27.9 Å². The first-order valence-electron chi connectivity index (χ1n) is 7.49. The van der Waals surface area contributed by atoms with Gasteiger partial charge in [-0.1, -0.05) is 23.2 Å². The van der Waals surface area contributed by atoms with Crippen LogP contribution in [0.1, 0.15) is 29.8 Å². The maximum absolute atomic E-state index is 12.5. The summed E-state index contributed by atoms with van der Waals surface area (Å²) in [6.07, 6.45) is 1.35. The van der Waals surface area contributed by atoms with Crippen molar-refractivity contribution in [3.8, 4) is 5.75 Å². The fourth-order valence-electron chi connectivity index (χ4n) is 3.39. The summed E-state index contributed by atoms with van der Waals surface area (Å²) in [4.78, 5) is 12.5. The fraction of sp³-hybridized carbons (Fsp3) is 0.467. The van der Waals surface area contributed by atoms with Gasteiger partial charge in [0.15, 0.2) is 0 Å². The molecule has 8 heteroatoms. The lowest BCUT2D eigenvalue weighted by molar-refractivity contribution is 0.183. The Morgan fingerprint density at radius 3 is 2.87 bits per heavy atom. The molecule has 122 valence electrons. The van der Waals surface area contributed by atoms with Crippen molar-refractivity contribution in [1.82, 2.24) is 14.3 Å². The molecule has 1 N–H and O–H groups in total. The van der Waals surface area contributed by atoms with E-state index in [0.29, 0.717) is 47.6 Å². The molecule has 0 aliphatic carbocycles. The van der Waals surface area contributed by atoms with Crippen molar-refractivity contribution in [3.05, 3.63) is 44.1 Å². The van der Waals surface area contributed by atoms with Crippen LogP contribution in [-0.4, -0.2) is 32.7 Å². The maximum atomic E-state index is 12.5. The van der Waals surface area contributed by atoms with E-state index in [-0.39, 0.29) is 23.4 Å². The molecule has 2 aromatic rings. The Bertz CT molecular complexity index is 824. The van der Waals surface area contributed by atoms with E-state index >= 15 is 0 Å². The lowest BCUT2D eigenvalue weighted by atomic mass is 9.96. The zero-order chi connectivity index (χ0) is 16.1. The summed E-state index contributed by atoms with van der Waals surface area (Å²) in [5.74, 6) is 0.702. The molecule has 0 unspecified atom stereocenters. The highest BCUT2D eigenvalue weighted by atomic mass is 35.5. The summed E-state index contributed by atoms with van der Waals surface area (Å²) in [7, 11) is 0. The van der Waals surface area contributed by atoms with Crippen molar-refractivity contribution in [2.45, 2.75) is 31.3 Å². The van der Waals surface area contributed by atoms with Crippen LogP contribution in [-0.2, 0) is 17.7 Å². The average Bonchev–Trinajstić information content (AvgIpc) is 3.22. The quantitative estimate of drug-likeness (QED) is 0.897. The molecule has 0 saturated carbocycles. The normalized spacial score (nSPS) is 23.4. The lowest BCUT2D eigenvalue weighted by Crippen LogP contribution is -2.29. The van der Waals surface area contributed by atoms with Crippen molar-refractivity contribution >= 4 is 23.2 Å². The van der Waals surface area contributed by atoms with Crippen LogP contribution in [0.2, 0.25) is 10.0 Å². The number of aromatic hydroxyl groups is 1. The molecule has 2 aliphatic heterocycles. The Hall–Kier alpha value is -1.50. The maximum Gasteiger partial charge on any atom is 0.346 e. The largest absolute Gasteiger partial charge is 0.508 e. The molecular weight excluding hydrogens is 341 g/mol. The Kier molecular flexibility index (Phi) is 3.63. The summed E-state index contributed by atoms with van der Waals surface area (Å²) in [6, 6.07) is 3.10. The van der Waals surface area contributed by atoms with Crippen LogP contribution in [0.5, 0.6) is 5.75 Å². The van der Waals surface area contributed by atoms with Crippen LogP contribution >= 0.6 is 23.2 Å². The first-order chi connectivity index (χ1) is 11.1. The molecule has 2 aliphatic rings. The number of nitrogens with zero attached hydrogens (tertiary/aromatic N) is 3. The standard InChI is InChI=1S/C15H15Cl2N3O3/c16-10-1-2-11(21)13(14(10)17)8-5-12-18-20(9-3-4-23-7-9)15(22)19(12)6-8/h1-2,8-9,21H,3-7H2/t8-,9+/m1/s1. The third-order valence-corrected chi connectivity index (χ3v) is 5.38. The molecular formula is C15H15Cl2N3O3. The number of rotatable bonds is 2. The van der Waals surface area contributed by atoms with Crippen molar-refractivity contribution in [3.63, 3.8) is 0 Å². The van der Waals surface area contributed by atoms with Crippen LogP contribution in [0.25, 0.3) is 0 Å². The number of aromatic nitrogens is 3. The first-order valence-corrected chi connectivity index (χ1v) is 8.24. The zero-order valence-corrected chi connectivity index (χ0v) is 13.7. The third kappa shape index (κ3) is 2.36. The second-order valence-corrected chi connectivity index (χ2v) is 6.75. The molecule has 1 aromatic heterocycles. The number of phenolic OH excluding ortho intramolecular Hbond substituents is 1. The van der Waals surface area contributed by atoms with Crippen LogP contribution in [0, 0.1) is 0 Å². The predicted octanol–water partition coefficient (Wildman–Crippen LogP) is 2.36. The minimum Gasteiger partial charge on any atom is -0.508 e. The molecule has 3 heterocycles. The molecule has 23 heavy (non-hydrogen) atoms. The summed E-state index contributed by atoms with van der Waals surface area (Å²) in [6.45, 7) is 1.63. The van der Waals surface area contributed by atoms with E-state index in [1.54, 1.807) is 10.6 Å². The van der Waals surface area contributed by atoms with Gasteiger partial charge in [-0.15, -0.1) is 0 Å². The monoisotopic (exact) mass is 355 g/mol. The number of halogens is 2. The Morgan fingerprint density at radius 1 is 1.35 bits per heavy atom. The third-order valence-electron chi connectivity index (χ3n) is 4.56. The SMILES string of the molecule is O=c1n([C@H]2CCOC2)nc2n1C[C@H](c1c(O)ccc(Cl)c1Cl)C2. The van der Waals surface area contributed by atoms with Crippen LogP contribution < -0.4 is 5.69 Å². The molecule has 0 spiro atoms. The molecule has 6 nitrogen and oxygen atoms in total. The van der Waals surface area contributed by atoms with E-state index < -0.39 is 0 Å².